The van der Waals surface area contributed by atoms with Crippen molar-refractivity contribution in [2.45, 2.75) is 13.3 Å². The molecule has 0 saturated carbocycles. The molecule has 9 heavy (non-hydrogen) atoms. The van der Waals surface area contributed by atoms with Gasteiger partial charge in [0.05, 0.1) is 0 Å². The van der Waals surface area contributed by atoms with Crippen molar-refractivity contribution in [2.24, 2.45) is 11.7 Å². The molecule has 0 radical (unpaired) electrons. The third kappa shape index (κ3) is 2.03. The quantitative estimate of drug-likeness (QED) is 0.635. The highest BCUT2D eigenvalue weighted by molar-refractivity contribution is 8.03. The Balaban J connectivity index is 2.33. The maximum absolute atomic E-state index is 5.40. The summed E-state index contributed by atoms with van der Waals surface area (Å²) >= 11 is 1.96. The lowest BCUT2D eigenvalue weighted by Gasteiger charge is -1.93. The maximum Gasteiger partial charge on any atom is 0.00375 e. The van der Waals surface area contributed by atoms with Crippen LogP contribution < -0.4 is 5.73 Å². The summed E-state index contributed by atoms with van der Waals surface area (Å²) < 4.78 is 0. The van der Waals surface area contributed by atoms with Crippen LogP contribution in [0.25, 0.3) is 0 Å². The Morgan fingerprint density at radius 3 is 3.11 bits per heavy atom. The molecule has 1 rings (SSSR count). The molecular formula is C7H13NS. The summed E-state index contributed by atoms with van der Waals surface area (Å²) in [4.78, 5) is 1.49. The van der Waals surface area contributed by atoms with Crippen LogP contribution in [0.3, 0.4) is 0 Å². The van der Waals surface area contributed by atoms with Gasteiger partial charge in [-0.15, -0.1) is 11.8 Å². The fourth-order valence-corrected chi connectivity index (χ4v) is 2.11. The molecule has 52 valence electrons. The van der Waals surface area contributed by atoms with Crippen molar-refractivity contribution in [3.8, 4) is 0 Å². The van der Waals surface area contributed by atoms with Crippen molar-refractivity contribution in [2.75, 3.05) is 12.3 Å². The van der Waals surface area contributed by atoms with Crippen LogP contribution in [0.4, 0.5) is 0 Å². The lowest BCUT2D eigenvalue weighted by molar-refractivity contribution is 0.852. The summed E-state index contributed by atoms with van der Waals surface area (Å²) in [7, 11) is 0. The van der Waals surface area contributed by atoms with Crippen molar-refractivity contribution >= 4 is 11.8 Å². The lowest BCUT2D eigenvalue weighted by Crippen LogP contribution is -1.97. The molecule has 0 bridgehead atoms. The molecule has 1 unspecified atom stereocenters. The fraction of sp³-hybridized carbons (Fsp3) is 0.714. The first-order valence-corrected chi connectivity index (χ1v) is 4.35. The average molecular weight is 143 g/mol. The van der Waals surface area contributed by atoms with Gasteiger partial charge in [-0.25, -0.2) is 0 Å². The minimum Gasteiger partial charge on any atom is -0.330 e. The smallest absolute Gasteiger partial charge is 0.00375 e. The number of hydrogen-bond donors (Lipinski definition) is 1. The van der Waals surface area contributed by atoms with E-state index in [0.29, 0.717) is 0 Å². The van der Waals surface area contributed by atoms with Crippen LogP contribution in [-0.4, -0.2) is 12.3 Å². The molecule has 1 aliphatic rings. The molecule has 2 heteroatoms. The molecular weight excluding hydrogens is 130 g/mol. The van der Waals surface area contributed by atoms with Crippen LogP contribution in [-0.2, 0) is 0 Å². The fourth-order valence-electron chi connectivity index (χ4n) is 0.950. The Kier molecular flexibility index (Phi) is 2.61. The van der Waals surface area contributed by atoms with E-state index in [4.69, 9.17) is 5.73 Å². The normalized spacial score (nSPS) is 26.4. The molecule has 0 saturated heterocycles. The molecule has 2 N–H and O–H groups in total. The van der Waals surface area contributed by atoms with Gasteiger partial charge in [-0.1, -0.05) is 13.0 Å². The van der Waals surface area contributed by atoms with Crippen molar-refractivity contribution < 1.29 is 0 Å². The molecule has 0 spiro atoms. The van der Waals surface area contributed by atoms with E-state index in [1.165, 1.54) is 10.7 Å². The van der Waals surface area contributed by atoms with Crippen molar-refractivity contribution in [1.29, 1.82) is 0 Å². The summed E-state index contributed by atoms with van der Waals surface area (Å²) in [6.07, 6.45) is 3.41. The van der Waals surface area contributed by atoms with Crippen molar-refractivity contribution in [1.82, 2.24) is 0 Å². The zero-order valence-electron chi connectivity index (χ0n) is 5.76. The molecule has 1 heterocycles. The van der Waals surface area contributed by atoms with Gasteiger partial charge in [0.1, 0.15) is 0 Å². The molecule has 1 atom stereocenters. The van der Waals surface area contributed by atoms with Crippen molar-refractivity contribution in [3.05, 3.63) is 11.0 Å². The number of allylic oxidation sites excluding steroid dienone is 1. The van der Waals surface area contributed by atoms with E-state index < -0.39 is 0 Å². The summed E-state index contributed by atoms with van der Waals surface area (Å²) in [5.74, 6) is 2.03. The molecule has 0 amide bonds. The predicted octanol–water partition coefficient (Wildman–Crippen LogP) is 1.60. The van der Waals surface area contributed by atoms with E-state index in [0.717, 1.165) is 18.9 Å². The predicted molar refractivity (Wildman–Crippen MR) is 43.4 cm³/mol. The summed E-state index contributed by atoms with van der Waals surface area (Å²) in [6, 6.07) is 0. The molecule has 0 fully saturated rings. The molecule has 0 aliphatic carbocycles. The van der Waals surface area contributed by atoms with Crippen LogP contribution in [0.5, 0.6) is 0 Å². The highest BCUT2D eigenvalue weighted by atomic mass is 32.2. The highest BCUT2D eigenvalue weighted by Gasteiger charge is 2.10. The monoisotopic (exact) mass is 143 g/mol. The van der Waals surface area contributed by atoms with E-state index in [1.54, 1.807) is 0 Å². The van der Waals surface area contributed by atoms with Gasteiger partial charge in [0.2, 0.25) is 0 Å². The second-order valence-corrected chi connectivity index (χ2v) is 3.61. The van der Waals surface area contributed by atoms with Crippen LogP contribution in [0.15, 0.2) is 11.0 Å². The lowest BCUT2D eigenvalue weighted by atomic mass is 10.2. The largest absolute Gasteiger partial charge is 0.330 e. The van der Waals surface area contributed by atoms with Gasteiger partial charge in [0, 0.05) is 5.75 Å². The van der Waals surface area contributed by atoms with Gasteiger partial charge < -0.3 is 5.73 Å². The zero-order chi connectivity index (χ0) is 6.69. The van der Waals surface area contributed by atoms with Gasteiger partial charge in [-0.05, 0) is 23.8 Å². The topological polar surface area (TPSA) is 26.0 Å². The highest BCUT2D eigenvalue weighted by Crippen LogP contribution is 2.30. The summed E-state index contributed by atoms with van der Waals surface area (Å²) in [6.45, 7) is 3.04. The number of rotatable bonds is 2. The minimum absolute atomic E-state index is 0.775. The standard InChI is InChI=1S/C7H13NS/c1-6-4-7(2-3-8)9-5-6/h4,6H,2-3,5,8H2,1H3. The van der Waals surface area contributed by atoms with Crippen LogP contribution >= 0.6 is 11.8 Å². The van der Waals surface area contributed by atoms with Crippen LogP contribution in [0.1, 0.15) is 13.3 Å². The van der Waals surface area contributed by atoms with E-state index >= 15 is 0 Å². The Morgan fingerprint density at radius 1 is 1.89 bits per heavy atom. The Morgan fingerprint density at radius 2 is 2.67 bits per heavy atom. The van der Waals surface area contributed by atoms with Gasteiger partial charge in [-0.3, -0.25) is 0 Å². The number of nitrogens with two attached hydrogens (primary N) is 1. The van der Waals surface area contributed by atoms with Crippen molar-refractivity contribution in [3.63, 3.8) is 0 Å². The van der Waals surface area contributed by atoms with E-state index in [9.17, 15) is 0 Å². The first kappa shape index (κ1) is 7.16. The molecule has 0 aromatic heterocycles. The van der Waals surface area contributed by atoms with Crippen LogP contribution in [0, 0.1) is 5.92 Å². The first-order valence-electron chi connectivity index (χ1n) is 3.36. The second kappa shape index (κ2) is 3.28. The van der Waals surface area contributed by atoms with Gasteiger partial charge >= 0.3 is 0 Å². The molecule has 0 aromatic rings. The van der Waals surface area contributed by atoms with Gasteiger partial charge in [0.15, 0.2) is 0 Å². The number of thioether (sulfide) groups is 1. The summed E-state index contributed by atoms with van der Waals surface area (Å²) in [5.41, 5.74) is 5.40. The second-order valence-electron chi connectivity index (χ2n) is 2.46. The maximum atomic E-state index is 5.40. The zero-order valence-corrected chi connectivity index (χ0v) is 6.58. The van der Waals surface area contributed by atoms with Crippen LogP contribution in [0.2, 0.25) is 0 Å². The molecule has 0 aromatic carbocycles. The van der Waals surface area contributed by atoms with E-state index in [1.807, 2.05) is 11.8 Å². The molecule has 1 aliphatic heterocycles. The summed E-state index contributed by atoms with van der Waals surface area (Å²) in [5, 5.41) is 0. The SMILES string of the molecule is CC1C=C(CCN)SC1. The first-order chi connectivity index (χ1) is 4.33. The number of hydrogen-bond acceptors (Lipinski definition) is 2. The minimum atomic E-state index is 0.775. The van der Waals surface area contributed by atoms with Gasteiger partial charge in [-0.2, -0.15) is 0 Å². The third-order valence-corrected chi connectivity index (χ3v) is 2.80. The Labute approximate surface area is 60.7 Å². The Hall–Kier alpha value is 0.0500. The van der Waals surface area contributed by atoms with E-state index in [-0.39, 0.29) is 0 Å². The van der Waals surface area contributed by atoms with E-state index in [2.05, 4.69) is 13.0 Å². The van der Waals surface area contributed by atoms with Gasteiger partial charge in [0.25, 0.3) is 0 Å². The average Bonchev–Trinajstić information content (AvgIpc) is 2.17. The molecule has 1 nitrogen and oxygen atoms in total. The third-order valence-electron chi connectivity index (χ3n) is 1.39. The Bertz CT molecular complexity index is 120.